The number of carbonyl (C=O) groups excluding carboxylic acids is 2. The van der Waals surface area contributed by atoms with Crippen molar-refractivity contribution in [1.29, 1.82) is 0 Å². The van der Waals surface area contributed by atoms with Gasteiger partial charge in [0.25, 0.3) is 11.7 Å². The summed E-state index contributed by atoms with van der Waals surface area (Å²) in [5, 5.41) is 11.4. The molecule has 7 heteroatoms. The SMILES string of the molecule is CCOc1ccc(C2/C(=C(/O)c3ccc(OC)c(C(C)C)c3)C(=O)C(=O)N2CCOC(C)C)cc1. The van der Waals surface area contributed by atoms with E-state index in [4.69, 9.17) is 14.2 Å². The third-order valence-corrected chi connectivity index (χ3v) is 5.96. The van der Waals surface area contributed by atoms with Gasteiger partial charge in [-0.3, -0.25) is 9.59 Å². The van der Waals surface area contributed by atoms with E-state index in [1.807, 2.05) is 52.8 Å². The number of hydrogen-bond donors (Lipinski definition) is 1. The molecule has 0 spiro atoms. The Morgan fingerprint density at radius 1 is 1.06 bits per heavy atom. The van der Waals surface area contributed by atoms with Crippen molar-refractivity contribution in [1.82, 2.24) is 4.90 Å². The van der Waals surface area contributed by atoms with Crippen molar-refractivity contribution in [2.75, 3.05) is 26.9 Å². The fraction of sp³-hybridized carbons (Fsp3) is 0.429. The number of Topliss-reactive ketones (excluding diaryl/α,β-unsaturated/α-hetero) is 1. The second-order valence-electron chi connectivity index (χ2n) is 9.03. The number of ketones is 1. The van der Waals surface area contributed by atoms with Gasteiger partial charge in [-0.15, -0.1) is 0 Å². The zero-order valence-electron chi connectivity index (χ0n) is 21.3. The Kier molecular flexibility index (Phi) is 8.57. The van der Waals surface area contributed by atoms with Crippen molar-refractivity contribution in [3.63, 3.8) is 0 Å². The average Bonchev–Trinajstić information content (AvgIpc) is 3.08. The van der Waals surface area contributed by atoms with Gasteiger partial charge in [0, 0.05) is 12.1 Å². The number of nitrogens with zero attached hydrogens (tertiary/aromatic N) is 1. The summed E-state index contributed by atoms with van der Waals surface area (Å²) in [7, 11) is 1.59. The van der Waals surface area contributed by atoms with Crippen molar-refractivity contribution in [2.45, 2.75) is 52.7 Å². The van der Waals surface area contributed by atoms with Crippen LogP contribution in [0.4, 0.5) is 0 Å². The summed E-state index contributed by atoms with van der Waals surface area (Å²) in [6.45, 7) is 10.8. The summed E-state index contributed by atoms with van der Waals surface area (Å²) < 4.78 is 16.7. The minimum atomic E-state index is -0.744. The van der Waals surface area contributed by atoms with Gasteiger partial charge in [0.2, 0.25) is 0 Å². The van der Waals surface area contributed by atoms with Crippen molar-refractivity contribution in [3.8, 4) is 11.5 Å². The maximum atomic E-state index is 13.2. The molecule has 1 amide bonds. The molecule has 1 N–H and O–H groups in total. The van der Waals surface area contributed by atoms with E-state index in [0.29, 0.717) is 29.2 Å². The Morgan fingerprint density at radius 2 is 1.74 bits per heavy atom. The van der Waals surface area contributed by atoms with Gasteiger partial charge in [0.15, 0.2) is 0 Å². The predicted molar refractivity (Wildman–Crippen MR) is 135 cm³/mol. The van der Waals surface area contributed by atoms with Crippen LogP contribution in [0, 0.1) is 0 Å². The third-order valence-electron chi connectivity index (χ3n) is 5.96. The first-order chi connectivity index (χ1) is 16.7. The van der Waals surface area contributed by atoms with E-state index in [-0.39, 0.29) is 36.5 Å². The van der Waals surface area contributed by atoms with E-state index in [1.165, 1.54) is 4.90 Å². The van der Waals surface area contributed by atoms with Crippen LogP contribution in [-0.4, -0.2) is 54.7 Å². The molecule has 35 heavy (non-hydrogen) atoms. The van der Waals surface area contributed by atoms with Crippen molar-refractivity contribution in [2.24, 2.45) is 0 Å². The molecule has 188 valence electrons. The first kappa shape index (κ1) is 26.3. The lowest BCUT2D eigenvalue weighted by molar-refractivity contribution is -0.140. The molecule has 7 nitrogen and oxygen atoms in total. The van der Waals surface area contributed by atoms with Gasteiger partial charge >= 0.3 is 0 Å². The Hall–Kier alpha value is -3.32. The second kappa shape index (κ2) is 11.4. The lowest BCUT2D eigenvalue weighted by atomic mass is 9.93. The maximum absolute atomic E-state index is 13.2. The summed E-state index contributed by atoms with van der Waals surface area (Å²) in [6, 6.07) is 11.8. The zero-order valence-corrected chi connectivity index (χ0v) is 21.3. The van der Waals surface area contributed by atoms with Gasteiger partial charge in [-0.25, -0.2) is 0 Å². The van der Waals surface area contributed by atoms with Gasteiger partial charge < -0.3 is 24.2 Å². The van der Waals surface area contributed by atoms with E-state index in [0.717, 1.165) is 5.56 Å². The largest absolute Gasteiger partial charge is 0.507 e. The highest BCUT2D eigenvalue weighted by atomic mass is 16.5. The number of hydrogen-bond acceptors (Lipinski definition) is 6. The van der Waals surface area contributed by atoms with Crippen LogP contribution < -0.4 is 9.47 Å². The number of aliphatic hydroxyl groups is 1. The molecule has 1 saturated heterocycles. The molecule has 0 radical (unpaired) electrons. The number of ether oxygens (including phenoxy) is 3. The minimum absolute atomic E-state index is 0.00972. The van der Waals surface area contributed by atoms with Gasteiger partial charge in [0.1, 0.15) is 17.3 Å². The molecule has 3 rings (SSSR count). The molecule has 0 saturated carbocycles. The Bertz CT molecular complexity index is 1090. The van der Waals surface area contributed by atoms with Gasteiger partial charge in [-0.1, -0.05) is 26.0 Å². The first-order valence-corrected chi connectivity index (χ1v) is 12.0. The normalized spacial score (nSPS) is 17.5. The number of carbonyl (C=O) groups is 2. The molecule has 2 aromatic carbocycles. The highest BCUT2D eigenvalue weighted by Crippen LogP contribution is 2.40. The topological polar surface area (TPSA) is 85.3 Å². The lowest BCUT2D eigenvalue weighted by Crippen LogP contribution is -2.33. The molecule has 1 unspecified atom stereocenters. The van der Waals surface area contributed by atoms with Crippen LogP contribution >= 0.6 is 0 Å². The predicted octanol–water partition coefficient (Wildman–Crippen LogP) is 5.06. The molecule has 2 aromatic rings. The van der Waals surface area contributed by atoms with Gasteiger partial charge in [-0.2, -0.15) is 0 Å². The molecule has 0 bridgehead atoms. The third kappa shape index (κ3) is 5.68. The molecular formula is C28H35NO6. The molecule has 1 aliphatic rings. The van der Waals surface area contributed by atoms with Crippen LogP contribution in [0.3, 0.4) is 0 Å². The number of aliphatic hydroxyl groups excluding tert-OH is 1. The van der Waals surface area contributed by atoms with E-state index in [9.17, 15) is 14.7 Å². The second-order valence-corrected chi connectivity index (χ2v) is 9.03. The monoisotopic (exact) mass is 481 g/mol. The van der Waals surface area contributed by atoms with Crippen LogP contribution in [0.25, 0.3) is 5.76 Å². The van der Waals surface area contributed by atoms with Crippen LogP contribution in [0.15, 0.2) is 48.0 Å². The van der Waals surface area contributed by atoms with Gasteiger partial charge in [0.05, 0.1) is 38.0 Å². The Balaban J connectivity index is 2.12. The molecule has 1 fully saturated rings. The summed E-state index contributed by atoms with van der Waals surface area (Å²) in [5.74, 6) is -0.0588. The number of amides is 1. The molecule has 1 atom stereocenters. The lowest BCUT2D eigenvalue weighted by Gasteiger charge is -2.26. The Morgan fingerprint density at radius 3 is 2.31 bits per heavy atom. The minimum Gasteiger partial charge on any atom is -0.507 e. The highest BCUT2D eigenvalue weighted by molar-refractivity contribution is 6.46. The van der Waals surface area contributed by atoms with Crippen molar-refractivity contribution >= 4 is 17.4 Å². The zero-order chi connectivity index (χ0) is 25.7. The quantitative estimate of drug-likeness (QED) is 0.290. The van der Waals surface area contributed by atoms with E-state index in [2.05, 4.69) is 0 Å². The average molecular weight is 482 g/mol. The van der Waals surface area contributed by atoms with Crippen molar-refractivity contribution < 1.29 is 28.9 Å². The number of benzene rings is 2. The first-order valence-electron chi connectivity index (χ1n) is 12.0. The van der Waals surface area contributed by atoms with E-state index in [1.54, 1.807) is 31.4 Å². The summed E-state index contributed by atoms with van der Waals surface area (Å²) in [5.41, 5.74) is 2.12. The van der Waals surface area contributed by atoms with E-state index < -0.39 is 17.7 Å². The molecule has 0 aliphatic carbocycles. The standard InChI is InChI=1S/C28H35NO6/c1-7-34-21-11-8-19(9-12-21)25-24(27(31)28(32)29(25)14-15-35-18(4)5)26(30)20-10-13-23(33-6)22(16-20)17(2)3/h8-13,16-18,25,30H,7,14-15H2,1-6H3/b26-24-. The Labute approximate surface area is 207 Å². The molecule has 1 heterocycles. The number of likely N-dealkylation sites (tertiary alicyclic amines) is 1. The maximum Gasteiger partial charge on any atom is 0.295 e. The highest BCUT2D eigenvalue weighted by Gasteiger charge is 2.46. The number of rotatable bonds is 10. The fourth-order valence-corrected chi connectivity index (χ4v) is 4.25. The van der Waals surface area contributed by atoms with Gasteiger partial charge in [-0.05, 0) is 68.1 Å². The van der Waals surface area contributed by atoms with Crippen LogP contribution in [0.1, 0.15) is 63.3 Å². The summed E-state index contributed by atoms with van der Waals surface area (Å²) >= 11 is 0. The van der Waals surface area contributed by atoms with Crippen LogP contribution in [0.5, 0.6) is 11.5 Å². The van der Waals surface area contributed by atoms with Crippen LogP contribution in [0.2, 0.25) is 0 Å². The summed E-state index contributed by atoms with van der Waals surface area (Å²) in [6.07, 6.45) is -0.00972. The smallest absolute Gasteiger partial charge is 0.295 e. The fourth-order valence-electron chi connectivity index (χ4n) is 4.25. The van der Waals surface area contributed by atoms with Crippen molar-refractivity contribution in [3.05, 3.63) is 64.7 Å². The molecule has 1 aliphatic heterocycles. The number of methoxy groups -OCH3 is 1. The summed E-state index contributed by atoms with van der Waals surface area (Å²) in [4.78, 5) is 27.8. The molecule has 0 aromatic heterocycles. The van der Waals surface area contributed by atoms with Crippen LogP contribution in [-0.2, 0) is 14.3 Å². The molecular weight excluding hydrogens is 446 g/mol. The van der Waals surface area contributed by atoms with E-state index >= 15 is 0 Å².